The first-order valence-electron chi connectivity index (χ1n) is 9.79. The summed E-state index contributed by atoms with van der Waals surface area (Å²) in [6.07, 6.45) is 2.62. The van der Waals surface area contributed by atoms with Gasteiger partial charge in [0.15, 0.2) is 0 Å². The lowest BCUT2D eigenvalue weighted by Gasteiger charge is -2.06. The van der Waals surface area contributed by atoms with Gasteiger partial charge >= 0.3 is 0 Å². The predicted octanol–water partition coefficient (Wildman–Crippen LogP) is 5.34. The molecule has 0 N–H and O–H groups in total. The van der Waals surface area contributed by atoms with E-state index in [-0.39, 0.29) is 11.4 Å². The summed E-state index contributed by atoms with van der Waals surface area (Å²) in [7, 11) is 0. The Morgan fingerprint density at radius 2 is 1.94 bits per heavy atom. The quantitative estimate of drug-likeness (QED) is 0.419. The van der Waals surface area contributed by atoms with Gasteiger partial charge in [0, 0.05) is 17.1 Å². The van der Waals surface area contributed by atoms with Gasteiger partial charge in [-0.1, -0.05) is 35.3 Å². The third-order valence-electron chi connectivity index (χ3n) is 5.48. The van der Waals surface area contributed by atoms with Crippen LogP contribution in [0.5, 0.6) is 0 Å². The zero-order valence-corrected chi connectivity index (χ0v) is 18.1. The standard InChI is InChI=1S/C23H17Cl2FN4O/c1-13-19(21(25)30(28-13)12-14-2-5-17(26)6-3-14)10-15-8-9-29-22(15)27-20-11-16(24)4-7-18(20)23(29)31/h2-7,10-11H,8-9,12H2,1H3/b15-10+. The topological polar surface area (TPSA) is 52.7 Å². The highest BCUT2D eigenvalue weighted by Gasteiger charge is 2.22. The number of nitrogens with zero attached hydrogens (tertiary/aromatic N) is 4. The van der Waals surface area contributed by atoms with Crippen molar-refractivity contribution in [2.75, 3.05) is 0 Å². The molecule has 2 aromatic carbocycles. The van der Waals surface area contributed by atoms with Crippen LogP contribution in [0.4, 0.5) is 4.39 Å². The summed E-state index contributed by atoms with van der Waals surface area (Å²) in [5.41, 5.74) is 3.87. The van der Waals surface area contributed by atoms with Crippen molar-refractivity contribution in [1.82, 2.24) is 19.3 Å². The van der Waals surface area contributed by atoms with Crippen molar-refractivity contribution in [2.24, 2.45) is 0 Å². The van der Waals surface area contributed by atoms with E-state index in [1.165, 1.54) is 12.1 Å². The van der Waals surface area contributed by atoms with Gasteiger partial charge in [-0.2, -0.15) is 5.10 Å². The van der Waals surface area contributed by atoms with Crippen LogP contribution in [-0.2, 0) is 13.1 Å². The molecule has 0 unspecified atom stereocenters. The third-order valence-corrected chi connectivity index (χ3v) is 6.12. The van der Waals surface area contributed by atoms with Crippen molar-refractivity contribution in [1.29, 1.82) is 0 Å². The first kappa shape index (κ1) is 20.0. The molecule has 0 spiro atoms. The molecule has 8 heteroatoms. The minimum atomic E-state index is -0.284. The van der Waals surface area contributed by atoms with Crippen molar-refractivity contribution in [2.45, 2.75) is 26.4 Å². The van der Waals surface area contributed by atoms with E-state index in [0.717, 1.165) is 22.4 Å². The highest BCUT2D eigenvalue weighted by atomic mass is 35.5. The van der Waals surface area contributed by atoms with Crippen molar-refractivity contribution in [3.8, 4) is 0 Å². The predicted molar refractivity (Wildman–Crippen MR) is 121 cm³/mol. The lowest BCUT2D eigenvalue weighted by atomic mass is 10.1. The molecule has 2 aromatic heterocycles. The van der Waals surface area contributed by atoms with Gasteiger partial charge in [-0.05, 0) is 60.9 Å². The molecule has 1 aliphatic heterocycles. The fourth-order valence-corrected chi connectivity index (χ4v) is 4.36. The lowest BCUT2D eigenvalue weighted by molar-refractivity contribution is 0.624. The number of hydrogen-bond donors (Lipinski definition) is 0. The normalized spacial score (nSPS) is 14.5. The Bertz CT molecular complexity index is 1420. The molecule has 156 valence electrons. The van der Waals surface area contributed by atoms with E-state index in [2.05, 4.69) is 5.10 Å². The smallest absolute Gasteiger partial charge is 0.261 e. The minimum Gasteiger partial charge on any atom is -0.292 e. The van der Waals surface area contributed by atoms with E-state index in [4.69, 9.17) is 28.2 Å². The van der Waals surface area contributed by atoms with Gasteiger partial charge in [0.1, 0.15) is 16.8 Å². The van der Waals surface area contributed by atoms with Crippen LogP contribution in [0.25, 0.3) is 22.6 Å². The number of benzene rings is 2. The molecular formula is C23H17Cl2FN4O. The third kappa shape index (κ3) is 3.56. The van der Waals surface area contributed by atoms with Gasteiger partial charge in [0.2, 0.25) is 0 Å². The fraction of sp³-hybridized carbons (Fsp3) is 0.174. The summed E-state index contributed by atoms with van der Waals surface area (Å²) in [6, 6.07) is 11.4. The van der Waals surface area contributed by atoms with Gasteiger partial charge in [0.05, 0.1) is 23.1 Å². The van der Waals surface area contributed by atoms with Gasteiger partial charge < -0.3 is 0 Å². The van der Waals surface area contributed by atoms with Crippen LogP contribution in [0.15, 0.2) is 47.3 Å². The molecule has 31 heavy (non-hydrogen) atoms. The Hall–Kier alpha value is -2.96. The zero-order chi connectivity index (χ0) is 21.7. The molecule has 0 amide bonds. The average molecular weight is 455 g/mol. The molecule has 4 aromatic rings. The van der Waals surface area contributed by atoms with Crippen LogP contribution in [0, 0.1) is 12.7 Å². The van der Waals surface area contributed by atoms with Gasteiger partial charge in [-0.25, -0.2) is 14.1 Å². The SMILES string of the molecule is Cc1nn(Cc2ccc(F)cc2)c(Cl)c1/C=C1\CCn2c1nc1cc(Cl)ccc1c2=O. The molecule has 1 aliphatic rings. The molecule has 0 saturated heterocycles. The number of aryl methyl sites for hydroxylation is 1. The summed E-state index contributed by atoms with van der Waals surface area (Å²) in [5, 5.41) is 6.12. The second kappa shape index (κ2) is 7.62. The van der Waals surface area contributed by atoms with Crippen LogP contribution >= 0.6 is 23.2 Å². The molecule has 0 fully saturated rings. The van der Waals surface area contributed by atoms with Crippen molar-refractivity contribution in [3.05, 3.63) is 91.5 Å². The number of fused-ring (bicyclic) bond motifs is 2. The summed E-state index contributed by atoms with van der Waals surface area (Å²) in [6.45, 7) is 2.88. The maximum absolute atomic E-state index is 13.2. The Labute approximate surface area is 187 Å². The maximum atomic E-state index is 13.2. The number of aromatic nitrogens is 4. The van der Waals surface area contributed by atoms with Crippen molar-refractivity contribution < 1.29 is 4.39 Å². The minimum absolute atomic E-state index is 0.0742. The van der Waals surface area contributed by atoms with Crippen LogP contribution in [0.3, 0.4) is 0 Å². The Morgan fingerprint density at radius 1 is 1.16 bits per heavy atom. The number of rotatable bonds is 3. The van der Waals surface area contributed by atoms with E-state index in [9.17, 15) is 9.18 Å². The molecule has 0 bridgehead atoms. The summed E-state index contributed by atoms with van der Waals surface area (Å²) in [4.78, 5) is 17.6. The zero-order valence-electron chi connectivity index (χ0n) is 16.6. The van der Waals surface area contributed by atoms with Crippen LogP contribution in [0.1, 0.15) is 29.1 Å². The highest BCUT2D eigenvalue weighted by molar-refractivity contribution is 6.31. The second-order valence-electron chi connectivity index (χ2n) is 7.55. The highest BCUT2D eigenvalue weighted by Crippen LogP contribution is 2.31. The number of halogens is 3. The molecular weight excluding hydrogens is 438 g/mol. The van der Waals surface area contributed by atoms with Crippen molar-refractivity contribution in [3.63, 3.8) is 0 Å². The van der Waals surface area contributed by atoms with E-state index in [1.54, 1.807) is 39.6 Å². The summed E-state index contributed by atoms with van der Waals surface area (Å²) >= 11 is 12.7. The lowest BCUT2D eigenvalue weighted by Crippen LogP contribution is -2.20. The number of allylic oxidation sites excluding steroid dienone is 1. The Kier molecular flexibility index (Phi) is 4.91. The van der Waals surface area contributed by atoms with Crippen LogP contribution in [-0.4, -0.2) is 19.3 Å². The second-order valence-corrected chi connectivity index (χ2v) is 8.34. The Balaban J connectivity index is 1.56. The first-order chi connectivity index (χ1) is 14.9. The first-order valence-corrected chi connectivity index (χ1v) is 10.5. The molecule has 0 radical (unpaired) electrons. The van der Waals surface area contributed by atoms with E-state index >= 15 is 0 Å². The van der Waals surface area contributed by atoms with E-state index in [1.807, 2.05) is 13.0 Å². The van der Waals surface area contributed by atoms with Gasteiger partial charge in [-0.15, -0.1) is 0 Å². The average Bonchev–Trinajstić information content (AvgIpc) is 3.26. The van der Waals surface area contributed by atoms with Crippen LogP contribution < -0.4 is 5.56 Å². The van der Waals surface area contributed by atoms with Gasteiger partial charge in [-0.3, -0.25) is 9.36 Å². The number of hydrogen-bond acceptors (Lipinski definition) is 3. The van der Waals surface area contributed by atoms with E-state index in [0.29, 0.717) is 46.4 Å². The molecule has 0 atom stereocenters. The molecule has 5 nitrogen and oxygen atoms in total. The summed E-state index contributed by atoms with van der Waals surface area (Å²) in [5.74, 6) is 0.342. The van der Waals surface area contributed by atoms with Gasteiger partial charge in [0.25, 0.3) is 5.56 Å². The Morgan fingerprint density at radius 3 is 2.71 bits per heavy atom. The van der Waals surface area contributed by atoms with Crippen LogP contribution in [0.2, 0.25) is 10.2 Å². The molecule has 5 rings (SSSR count). The molecule has 3 heterocycles. The summed E-state index contributed by atoms with van der Waals surface area (Å²) < 4.78 is 16.6. The fourth-order valence-electron chi connectivity index (χ4n) is 3.90. The van der Waals surface area contributed by atoms with Crippen molar-refractivity contribution >= 4 is 45.8 Å². The monoisotopic (exact) mass is 454 g/mol. The maximum Gasteiger partial charge on any atom is 0.261 e. The molecule has 0 aliphatic carbocycles. The van der Waals surface area contributed by atoms with E-state index < -0.39 is 0 Å². The largest absolute Gasteiger partial charge is 0.292 e. The molecule has 0 saturated carbocycles.